The van der Waals surface area contributed by atoms with Gasteiger partial charge in [-0.05, 0) is 48.6 Å². The van der Waals surface area contributed by atoms with Gasteiger partial charge in [-0.3, -0.25) is 10.1 Å². The Morgan fingerprint density at radius 3 is 2.59 bits per heavy atom. The summed E-state index contributed by atoms with van der Waals surface area (Å²) in [5.74, 6) is 1.64. The summed E-state index contributed by atoms with van der Waals surface area (Å²) in [6.07, 6.45) is 4.20. The van der Waals surface area contributed by atoms with Crippen LogP contribution in [0.15, 0.2) is 60.8 Å². The molecule has 6 nitrogen and oxygen atoms in total. The number of nitro groups is 1. The third kappa shape index (κ3) is 3.16. The van der Waals surface area contributed by atoms with Gasteiger partial charge in [0.2, 0.25) is 0 Å². The fraction of sp³-hybridized carbons (Fsp3) is 0.217. The normalized spacial score (nSPS) is 13.7. The van der Waals surface area contributed by atoms with Gasteiger partial charge in [-0.2, -0.15) is 0 Å². The van der Waals surface area contributed by atoms with Crippen LogP contribution in [0.4, 0.5) is 5.69 Å². The molecule has 1 saturated carbocycles. The van der Waals surface area contributed by atoms with Crippen molar-refractivity contribution in [1.82, 2.24) is 14.5 Å². The van der Waals surface area contributed by atoms with E-state index in [1.807, 2.05) is 42.6 Å². The van der Waals surface area contributed by atoms with Gasteiger partial charge < -0.3 is 4.57 Å². The van der Waals surface area contributed by atoms with Crippen molar-refractivity contribution in [3.05, 3.63) is 87.9 Å². The minimum absolute atomic E-state index is 0.122. The van der Waals surface area contributed by atoms with Crippen LogP contribution in [0.2, 0.25) is 0 Å². The molecule has 4 aromatic rings. The summed E-state index contributed by atoms with van der Waals surface area (Å²) in [6, 6.07) is 16.8. The number of fused-ring (bicyclic) bond motifs is 1. The summed E-state index contributed by atoms with van der Waals surface area (Å²) in [5.41, 5.74) is 5.76. The van der Waals surface area contributed by atoms with E-state index in [2.05, 4.69) is 16.5 Å². The predicted molar refractivity (Wildman–Crippen MR) is 112 cm³/mol. The molecular weight excluding hydrogens is 364 g/mol. The van der Waals surface area contributed by atoms with Crippen molar-refractivity contribution in [3.63, 3.8) is 0 Å². The van der Waals surface area contributed by atoms with Crippen LogP contribution in [0.3, 0.4) is 0 Å². The molecule has 0 bridgehead atoms. The number of nitrogens with zero attached hydrogens (tertiary/aromatic N) is 4. The van der Waals surface area contributed by atoms with Crippen LogP contribution < -0.4 is 0 Å². The first kappa shape index (κ1) is 17.6. The number of aryl methyl sites for hydroxylation is 1. The summed E-state index contributed by atoms with van der Waals surface area (Å²) in [6.45, 7) is 2.76. The predicted octanol–water partition coefficient (Wildman–Crippen LogP) is 5.24. The Labute approximate surface area is 168 Å². The van der Waals surface area contributed by atoms with Crippen molar-refractivity contribution < 1.29 is 4.92 Å². The van der Waals surface area contributed by atoms with E-state index in [0.717, 1.165) is 33.7 Å². The van der Waals surface area contributed by atoms with E-state index < -0.39 is 0 Å². The van der Waals surface area contributed by atoms with Gasteiger partial charge in [0.1, 0.15) is 11.3 Å². The Morgan fingerprint density at radius 2 is 1.86 bits per heavy atom. The maximum Gasteiger partial charge on any atom is 0.277 e. The van der Waals surface area contributed by atoms with E-state index in [1.165, 1.54) is 18.9 Å². The zero-order chi connectivity index (χ0) is 20.0. The van der Waals surface area contributed by atoms with Crippen LogP contribution in [0.5, 0.6) is 0 Å². The Balaban J connectivity index is 1.51. The molecule has 0 aliphatic heterocycles. The molecule has 1 fully saturated rings. The number of hydrogen-bond acceptors (Lipinski definition) is 4. The van der Waals surface area contributed by atoms with Crippen LogP contribution >= 0.6 is 0 Å². The summed E-state index contributed by atoms with van der Waals surface area (Å²) < 4.78 is 2.22. The number of para-hydroxylation sites is 1. The Bertz CT molecular complexity index is 1220. The number of hydrogen-bond donors (Lipinski definition) is 0. The average Bonchev–Trinajstić information content (AvgIpc) is 3.51. The molecule has 5 rings (SSSR count). The van der Waals surface area contributed by atoms with Gasteiger partial charge in [0.05, 0.1) is 17.0 Å². The highest BCUT2D eigenvalue weighted by Gasteiger charge is 2.30. The highest BCUT2D eigenvalue weighted by atomic mass is 16.6. The summed E-state index contributed by atoms with van der Waals surface area (Å²) in [4.78, 5) is 20.5. The largest absolute Gasteiger partial charge is 0.308 e. The molecule has 0 atom stereocenters. The van der Waals surface area contributed by atoms with Crippen molar-refractivity contribution >= 4 is 16.9 Å². The number of benzene rings is 2. The van der Waals surface area contributed by atoms with Crippen molar-refractivity contribution in [2.75, 3.05) is 0 Å². The van der Waals surface area contributed by atoms with Crippen molar-refractivity contribution in [3.8, 4) is 11.1 Å². The highest BCUT2D eigenvalue weighted by molar-refractivity contribution is 5.76. The third-order valence-corrected chi connectivity index (χ3v) is 5.51. The number of pyridine rings is 1. The Hall–Kier alpha value is -3.54. The molecule has 0 radical (unpaired) electrons. The topological polar surface area (TPSA) is 73.8 Å². The van der Waals surface area contributed by atoms with Gasteiger partial charge >= 0.3 is 0 Å². The van der Waals surface area contributed by atoms with Gasteiger partial charge in [-0.15, -0.1) is 0 Å². The lowest BCUT2D eigenvalue weighted by Crippen LogP contribution is -2.05. The SMILES string of the molecule is Cc1ccnc2c1nc(C1CC1)n2Cc1ccc(-c2ccccc2[N+](=O)[O-])cc1. The first-order valence-corrected chi connectivity index (χ1v) is 9.76. The summed E-state index contributed by atoms with van der Waals surface area (Å²) in [5, 5.41) is 11.3. The Morgan fingerprint density at radius 1 is 1.10 bits per heavy atom. The van der Waals surface area contributed by atoms with Crippen molar-refractivity contribution in [2.45, 2.75) is 32.2 Å². The monoisotopic (exact) mass is 384 g/mol. The average molecular weight is 384 g/mol. The smallest absolute Gasteiger partial charge is 0.277 e. The molecule has 0 saturated heterocycles. The molecule has 2 aromatic heterocycles. The lowest BCUT2D eigenvalue weighted by Gasteiger charge is -2.10. The third-order valence-electron chi connectivity index (χ3n) is 5.51. The second kappa shape index (κ2) is 6.81. The molecule has 0 spiro atoms. The minimum atomic E-state index is -0.337. The minimum Gasteiger partial charge on any atom is -0.308 e. The molecule has 144 valence electrons. The molecule has 1 aliphatic carbocycles. The highest BCUT2D eigenvalue weighted by Crippen LogP contribution is 2.41. The summed E-state index contributed by atoms with van der Waals surface area (Å²) in [7, 11) is 0. The molecule has 29 heavy (non-hydrogen) atoms. The molecular formula is C23H20N4O2. The standard InChI is InChI=1S/C23H20N4O2/c1-15-12-13-24-23-21(15)25-22(18-10-11-18)26(23)14-16-6-8-17(9-7-16)19-4-2-3-5-20(19)27(28)29/h2-9,12-13,18H,10-11,14H2,1H3. The van der Waals surface area contributed by atoms with E-state index in [9.17, 15) is 10.1 Å². The summed E-state index contributed by atoms with van der Waals surface area (Å²) >= 11 is 0. The van der Waals surface area contributed by atoms with Crippen LogP contribution in [0, 0.1) is 17.0 Å². The van der Waals surface area contributed by atoms with Crippen LogP contribution in [-0.2, 0) is 6.54 Å². The van der Waals surface area contributed by atoms with Gasteiger partial charge in [0.25, 0.3) is 5.69 Å². The lowest BCUT2D eigenvalue weighted by molar-refractivity contribution is -0.384. The lowest BCUT2D eigenvalue weighted by atomic mass is 10.0. The molecule has 2 aromatic carbocycles. The van der Waals surface area contributed by atoms with E-state index in [0.29, 0.717) is 18.0 Å². The first-order valence-electron chi connectivity index (χ1n) is 9.76. The van der Waals surface area contributed by atoms with Gasteiger partial charge in [0, 0.05) is 18.2 Å². The number of aromatic nitrogens is 3. The molecule has 2 heterocycles. The number of nitro benzene ring substituents is 1. The van der Waals surface area contributed by atoms with E-state index >= 15 is 0 Å². The Kier molecular flexibility index (Phi) is 4.12. The maximum atomic E-state index is 11.3. The van der Waals surface area contributed by atoms with E-state index in [1.54, 1.807) is 12.1 Å². The molecule has 0 unspecified atom stereocenters. The number of imidazole rings is 1. The van der Waals surface area contributed by atoms with Gasteiger partial charge in [-0.25, -0.2) is 9.97 Å². The first-order chi connectivity index (χ1) is 14.1. The zero-order valence-corrected chi connectivity index (χ0v) is 16.1. The fourth-order valence-corrected chi connectivity index (χ4v) is 3.81. The van der Waals surface area contributed by atoms with Gasteiger partial charge in [-0.1, -0.05) is 36.4 Å². The molecule has 1 aliphatic rings. The van der Waals surface area contributed by atoms with Crippen LogP contribution in [0.25, 0.3) is 22.3 Å². The molecule has 6 heteroatoms. The second-order valence-electron chi connectivity index (χ2n) is 7.60. The van der Waals surface area contributed by atoms with Crippen molar-refractivity contribution in [2.24, 2.45) is 0 Å². The quantitative estimate of drug-likeness (QED) is 0.348. The van der Waals surface area contributed by atoms with Crippen molar-refractivity contribution in [1.29, 1.82) is 0 Å². The second-order valence-corrected chi connectivity index (χ2v) is 7.60. The van der Waals surface area contributed by atoms with E-state index in [-0.39, 0.29) is 10.6 Å². The van der Waals surface area contributed by atoms with Gasteiger partial charge in [0.15, 0.2) is 5.65 Å². The fourth-order valence-electron chi connectivity index (χ4n) is 3.81. The van der Waals surface area contributed by atoms with Crippen LogP contribution in [-0.4, -0.2) is 19.5 Å². The van der Waals surface area contributed by atoms with E-state index in [4.69, 9.17) is 4.98 Å². The number of rotatable bonds is 5. The zero-order valence-electron chi connectivity index (χ0n) is 16.1. The molecule has 0 amide bonds. The van der Waals surface area contributed by atoms with Crippen LogP contribution in [0.1, 0.15) is 35.7 Å². The maximum absolute atomic E-state index is 11.3. The molecule has 0 N–H and O–H groups in total.